The number of hydrogen-bond acceptors (Lipinski definition) is 4. The molecule has 0 aromatic heterocycles. The molecule has 0 saturated carbocycles. The van der Waals surface area contributed by atoms with Gasteiger partial charge in [-0.05, 0) is 55.5 Å². The highest BCUT2D eigenvalue weighted by molar-refractivity contribution is 7.80. The first kappa shape index (κ1) is 17.6. The first-order chi connectivity index (χ1) is 11.4. The molecule has 0 spiro atoms. The number of aryl methyl sites for hydroxylation is 1. The number of rotatable bonds is 3. The van der Waals surface area contributed by atoms with Gasteiger partial charge in [-0.25, -0.2) is 0 Å². The Morgan fingerprint density at radius 2 is 1.83 bits per heavy atom. The van der Waals surface area contributed by atoms with E-state index in [9.17, 15) is 14.9 Å². The molecule has 2 rings (SSSR count). The number of anilines is 1. The minimum absolute atomic E-state index is 0.0422. The lowest BCUT2D eigenvalue weighted by Crippen LogP contribution is -2.43. The monoisotopic (exact) mass is 364 g/mol. The van der Waals surface area contributed by atoms with Crippen molar-refractivity contribution in [2.24, 2.45) is 0 Å². The molecule has 0 unspecified atom stereocenters. The van der Waals surface area contributed by atoms with Crippen LogP contribution in [0.5, 0.6) is 0 Å². The van der Waals surface area contributed by atoms with Crippen LogP contribution in [0.25, 0.3) is 0 Å². The van der Waals surface area contributed by atoms with Gasteiger partial charge in [0.1, 0.15) is 0 Å². The number of carbonyl (C=O) groups excluding carboxylic acids is 1. The van der Waals surface area contributed by atoms with Crippen LogP contribution in [-0.2, 0) is 0 Å². The van der Waals surface area contributed by atoms with Gasteiger partial charge in [-0.2, -0.15) is 0 Å². The number of halogens is 1. The molecule has 0 saturated heterocycles. The van der Waals surface area contributed by atoms with Crippen LogP contribution >= 0.6 is 23.8 Å². The van der Waals surface area contributed by atoms with E-state index in [2.05, 4.69) is 16.2 Å². The summed E-state index contributed by atoms with van der Waals surface area (Å²) in [6.45, 7) is 1.56. The lowest BCUT2D eigenvalue weighted by atomic mass is 10.1. The molecule has 0 atom stereocenters. The third-order valence-corrected chi connectivity index (χ3v) is 3.50. The third kappa shape index (κ3) is 4.64. The standard InChI is InChI=1S/C15H13ClN4O3S/c1-9-8-10(2-7-13(9)20(22)23)14(21)18-19-15(24)17-12-5-3-11(16)4-6-12/h2-8H,1H3,(H,18,21)(H2,17,19,24). The van der Waals surface area contributed by atoms with Crippen molar-refractivity contribution in [3.8, 4) is 0 Å². The Bertz CT molecular complexity index is 796. The fourth-order valence-corrected chi connectivity index (χ4v) is 2.18. The molecule has 0 aliphatic rings. The summed E-state index contributed by atoms with van der Waals surface area (Å²) in [6.07, 6.45) is 0. The first-order valence-corrected chi connectivity index (χ1v) is 7.53. The van der Waals surface area contributed by atoms with E-state index >= 15 is 0 Å². The maximum atomic E-state index is 12.0. The van der Waals surface area contributed by atoms with Crippen molar-refractivity contribution in [3.63, 3.8) is 0 Å². The van der Waals surface area contributed by atoms with Crippen LogP contribution in [0.15, 0.2) is 42.5 Å². The Labute approximate surface area is 148 Å². The van der Waals surface area contributed by atoms with Crippen molar-refractivity contribution in [3.05, 3.63) is 68.7 Å². The zero-order valence-corrected chi connectivity index (χ0v) is 14.1. The minimum atomic E-state index is -0.500. The van der Waals surface area contributed by atoms with Crippen molar-refractivity contribution in [2.75, 3.05) is 5.32 Å². The van der Waals surface area contributed by atoms with E-state index in [4.69, 9.17) is 23.8 Å². The van der Waals surface area contributed by atoms with Gasteiger partial charge < -0.3 is 5.32 Å². The Morgan fingerprint density at radius 3 is 2.42 bits per heavy atom. The van der Waals surface area contributed by atoms with Crippen LogP contribution in [0.2, 0.25) is 5.02 Å². The van der Waals surface area contributed by atoms with E-state index < -0.39 is 10.8 Å². The van der Waals surface area contributed by atoms with Crippen molar-refractivity contribution in [1.82, 2.24) is 10.9 Å². The van der Waals surface area contributed by atoms with Crippen molar-refractivity contribution in [2.45, 2.75) is 6.92 Å². The summed E-state index contributed by atoms with van der Waals surface area (Å²) in [7, 11) is 0. The Morgan fingerprint density at radius 1 is 1.17 bits per heavy atom. The van der Waals surface area contributed by atoms with E-state index in [1.54, 1.807) is 31.2 Å². The molecule has 7 nitrogen and oxygen atoms in total. The SMILES string of the molecule is Cc1cc(C(=O)NNC(=S)Nc2ccc(Cl)cc2)ccc1[N+](=O)[O-]. The van der Waals surface area contributed by atoms with Crippen LogP contribution in [0.3, 0.4) is 0 Å². The van der Waals surface area contributed by atoms with Crippen molar-refractivity contribution >= 4 is 46.2 Å². The highest BCUT2D eigenvalue weighted by atomic mass is 35.5. The number of nitro groups is 1. The molecule has 9 heteroatoms. The quantitative estimate of drug-likeness (QED) is 0.439. The molecule has 0 aliphatic carbocycles. The molecule has 2 aromatic carbocycles. The van der Waals surface area contributed by atoms with E-state index in [1.165, 1.54) is 18.2 Å². The summed E-state index contributed by atoms with van der Waals surface area (Å²) in [6, 6.07) is 11.0. The number of hydrogen-bond donors (Lipinski definition) is 3. The van der Waals surface area contributed by atoms with Gasteiger partial charge >= 0.3 is 0 Å². The van der Waals surface area contributed by atoms with Gasteiger partial charge in [0, 0.05) is 27.9 Å². The van der Waals surface area contributed by atoms with E-state index in [0.29, 0.717) is 16.3 Å². The molecular weight excluding hydrogens is 352 g/mol. The average molecular weight is 365 g/mol. The molecule has 0 aliphatic heterocycles. The van der Waals surface area contributed by atoms with E-state index in [0.717, 1.165) is 0 Å². The zero-order chi connectivity index (χ0) is 17.7. The summed E-state index contributed by atoms with van der Waals surface area (Å²) in [5, 5.41) is 14.4. The summed E-state index contributed by atoms with van der Waals surface area (Å²) in [5.74, 6) is -0.465. The van der Waals surface area contributed by atoms with Crippen LogP contribution in [0, 0.1) is 17.0 Å². The number of hydrazine groups is 1. The molecule has 0 heterocycles. The summed E-state index contributed by atoms with van der Waals surface area (Å²) < 4.78 is 0. The molecule has 0 fully saturated rings. The number of carbonyl (C=O) groups is 1. The Hall–Kier alpha value is -2.71. The second-order valence-corrected chi connectivity index (χ2v) is 5.64. The fraction of sp³-hybridized carbons (Fsp3) is 0.0667. The molecule has 24 heavy (non-hydrogen) atoms. The molecule has 0 bridgehead atoms. The summed E-state index contributed by atoms with van der Waals surface area (Å²) in [4.78, 5) is 22.3. The molecule has 2 aromatic rings. The smallest absolute Gasteiger partial charge is 0.272 e. The lowest BCUT2D eigenvalue weighted by molar-refractivity contribution is -0.385. The zero-order valence-electron chi connectivity index (χ0n) is 12.5. The Balaban J connectivity index is 1.92. The molecule has 0 radical (unpaired) electrons. The number of amides is 1. The van der Waals surface area contributed by atoms with Gasteiger partial charge in [0.05, 0.1) is 4.92 Å². The topological polar surface area (TPSA) is 96.3 Å². The fourth-order valence-electron chi connectivity index (χ4n) is 1.88. The van der Waals surface area contributed by atoms with Crippen molar-refractivity contribution < 1.29 is 9.72 Å². The largest absolute Gasteiger partial charge is 0.331 e. The third-order valence-electron chi connectivity index (χ3n) is 3.05. The number of nitrogens with zero attached hydrogens (tertiary/aromatic N) is 1. The maximum absolute atomic E-state index is 12.0. The lowest BCUT2D eigenvalue weighted by Gasteiger charge is -2.12. The highest BCUT2D eigenvalue weighted by Crippen LogP contribution is 2.18. The van der Waals surface area contributed by atoms with Gasteiger partial charge in [0.15, 0.2) is 5.11 Å². The summed E-state index contributed by atoms with van der Waals surface area (Å²) >= 11 is 10.8. The van der Waals surface area contributed by atoms with Crippen LogP contribution in [-0.4, -0.2) is 15.9 Å². The van der Waals surface area contributed by atoms with Crippen LogP contribution in [0.4, 0.5) is 11.4 Å². The van der Waals surface area contributed by atoms with E-state index in [-0.39, 0.29) is 16.4 Å². The number of benzene rings is 2. The Kier molecular flexibility index (Phi) is 5.67. The second-order valence-electron chi connectivity index (χ2n) is 4.80. The van der Waals surface area contributed by atoms with Gasteiger partial charge in [-0.1, -0.05) is 11.6 Å². The molecule has 3 N–H and O–H groups in total. The van der Waals surface area contributed by atoms with Crippen LogP contribution < -0.4 is 16.2 Å². The maximum Gasteiger partial charge on any atom is 0.272 e. The highest BCUT2D eigenvalue weighted by Gasteiger charge is 2.13. The van der Waals surface area contributed by atoms with Crippen molar-refractivity contribution in [1.29, 1.82) is 0 Å². The molecular formula is C15H13ClN4O3S. The normalized spacial score (nSPS) is 9.92. The second kappa shape index (κ2) is 7.71. The van der Waals surface area contributed by atoms with Gasteiger partial charge in [0.2, 0.25) is 0 Å². The first-order valence-electron chi connectivity index (χ1n) is 6.75. The average Bonchev–Trinajstić information content (AvgIpc) is 2.54. The minimum Gasteiger partial charge on any atom is -0.331 e. The molecule has 1 amide bonds. The number of thiocarbonyl (C=S) groups is 1. The number of nitrogens with one attached hydrogen (secondary N) is 3. The van der Waals surface area contributed by atoms with Gasteiger partial charge in [-0.15, -0.1) is 0 Å². The number of nitro benzene ring substituents is 1. The van der Waals surface area contributed by atoms with Gasteiger partial charge in [0.25, 0.3) is 11.6 Å². The predicted octanol–water partition coefficient (Wildman–Crippen LogP) is 3.19. The van der Waals surface area contributed by atoms with Crippen LogP contribution in [0.1, 0.15) is 15.9 Å². The molecule has 124 valence electrons. The predicted molar refractivity (Wildman–Crippen MR) is 96.1 cm³/mol. The summed E-state index contributed by atoms with van der Waals surface area (Å²) in [5.41, 5.74) is 6.31. The van der Waals surface area contributed by atoms with Gasteiger partial charge in [-0.3, -0.25) is 25.8 Å². The van der Waals surface area contributed by atoms with E-state index in [1.807, 2.05) is 0 Å².